The molecule has 0 aliphatic heterocycles. The first-order valence-electron chi connectivity index (χ1n) is 4.93. The molecular formula is C10H16ClN3O. The molecule has 5 heteroatoms. The second-order valence-corrected chi connectivity index (χ2v) is 3.92. The maximum absolute atomic E-state index is 5.68. The van der Waals surface area contributed by atoms with Gasteiger partial charge in [-0.15, -0.1) is 11.6 Å². The van der Waals surface area contributed by atoms with Crippen LogP contribution in [0.25, 0.3) is 0 Å². The van der Waals surface area contributed by atoms with E-state index in [0.717, 1.165) is 0 Å². The summed E-state index contributed by atoms with van der Waals surface area (Å²) < 4.78 is 5.42. The third-order valence-electron chi connectivity index (χ3n) is 1.59. The Morgan fingerprint density at radius 1 is 1.40 bits per heavy atom. The average molecular weight is 230 g/mol. The summed E-state index contributed by atoms with van der Waals surface area (Å²) in [4.78, 5) is 8.28. The number of ether oxygens (including phenoxy) is 1. The van der Waals surface area contributed by atoms with Gasteiger partial charge in [-0.05, 0) is 20.8 Å². The molecule has 1 heterocycles. The van der Waals surface area contributed by atoms with Gasteiger partial charge < -0.3 is 10.1 Å². The summed E-state index contributed by atoms with van der Waals surface area (Å²) in [6, 6.07) is 0.162. The Labute approximate surface area is 95.0 Å². The number of rotatable bonds is 5. The summed E-state index contributed by atoms with van der Waals surface area (Å²) in [6.07, 6.45) is 3.34. The SMILES string of the molecule is CC(CCl)Nc1cncc(OC(C)C)n1. The van der Waals surface area contributed by atoms with Gasteiger partial charge in [0, 0.05) is 11.9 Å². The Bertz CT molecular complexity index is 306. The lowest BCUT2D eigenvalue weighted by atomic mass is 10.4. The van der Waals surface area contributed by atoms with Crippen molar-refractivity contribution in [3.63, 3.8) is 0 Å². The minimum Gasteiger partial charge on any atom is -0.474 e. The van der Waals surface area contributed by atoms with Gasteiger partial charge in [0.25, 0.3) is 0 Å². The average Bonchev–Trinajstić information content (AvgIpc) is 2.17. The Hall–Kier alpha value is -1.03. The second-order valence-electron chi connectivity index (χ2n) is 3.61. The maximum Gasteiger partial charge on any atom is 0.234 e. The van der Waals surface area contributed by atoms with Gasteiger partial charge in [0.2, 0.25) is 5.88 Å². The number of halogens is 1. The van der Waals surface area contributed by atoms with Crippen LogP contribution in [-0.4, -0.2) is 28.0 Å². The van der Waals surface area contributed by atoms with Crippen molar-refractivity contribution < 1.29 is 4.74 Å². The molecule has 0 fully saturated rings. The zero-order valence-electron chi connectivity index (χ0n) is 9.20. The predicted octanol–water partition coefficient (Wildman–Crippen LogP) is 2.30. The van der Waals surface area contributed by atoms with E-state index in [9.17, 15) is 0 Å². The van der Waals surface area contributed by atoms with Crippen LogP contribution in [0.5, 0.6) is 5.88 Å². The molecule has 1 rings (SSSR count). The number of hydrogen-bond acceptors (Lipinski definition) is 4. The molecule has 1 aromatic heterocycles. The quantitative estimate of drug-likeness (QED) is 0.788. The highest BCUT2D eigenvalue weighted by Crippen LogP contribution is 2.11. The number of aromatic nitrogens is 2. The summed E-state index contributed by atoms with van der Waals surface area (Å²) in [7, 11) is 0. The molecule has 0 radical (unpaired) electrons. The molecule has 0 aliphatic rings. The van der Waals surface area contributed by atoms with Crippen molar-refractivity contribution in [1.82, 2.24) is 9.97 Å². The zero-order chi connectivity index (χ0) is 11.3. The van der Waals surface area contributed by atoms with Crippen LogP contribution in [0.2, 0.25) is 0 Å². The van der Waals surface area contributed by atoms with Gasteiger partial charge >= 0.3 is 0 Å². The number of alkyl halides is 1. The van der Waals surface area contributed by atoms with Crippen molar-refractivity contribution in [1.29, 1.82) is 0 Å². The molecule has 0 bridgehead atoms. The molecule has 1 atom stereocenters. The van der Waals surface area contributed by atoms with Crippen molar-refractivity contribution >= 4 is 17.4 Å². The van der Waals surface area contributed by atoms with E-state index >= 15 is 0 Å². The van der Waals surface area contributed by atoms with Gasteiger partial charge in [-0.25, -0.2) is 0 Å². The maximum atomic E-state index is 5.68. The van der Waals surface area contributed by atoms with E-state index in [0.29, 0.717) is 17.6 Å². The lowest BCUT2D eigenvalue weighted by Crippen LogP contribution is -2.18. The number of nitrogens with zero attached hydrogens (tertiary/aromatic N) is 2. The second kappa shape index (κ2) is 5.75. The van der Waals surface area contributed by atoms with Crippen molar-refractivity contribution in [3.8, 4) is 5.88 Å². The minimum absolute atomic E-state index is 0.0972. The van der Waals surface area contributed by atoms with E-state index in [1.54, 1.807) is 12.4 Å². The summed E-state index contributed by atoms with van der Waals surface area (Å²) in [5, 5.41) is 3.12. The first-order valence-corrected chi connectivity index (χ1v) is 5.46. The van der Waals surface area contributed by atoms with Crippen LogP contribution < -0.4 is 10.1 Å². The molecule has 1 unspecified atom stereocenters. The van der Waals surface area contributed by atoms with E-state index in [-0.39, 0.29) is 12.1 Å². The third-order valence-corrected chi connectivity index (χ3v) is 2.06. The smallest absolute Gasteiger partial charge is 0.234 e. The molecule has 15 heavy (non-hydrogen) atoms. The summed E-state index contributed by atoms with van der Waals surface area (Å²) in [6.45, 7) is 5.87. The van der Waals surface area contributed by atoms with Crippen LogP contribution in [-0.2, 0) is 0 Å². The number of hydrogen-bond donors (Lipinski definition) is 1. The molecule has 0 saturated carbocycles. The van der Waals surface area contributed by atoms with Crippen LogP contribution in [0.3, 0.4) is 0 Å². The highest BCUT2D eigenvalue weighted by atomic mass is 35.5. The van der Waals surface area contributed by atoms with Crippen molar-refractivity contribution in [2.24, 2.45) is 0 Å². The fourth-order valence-corrected chi connectivity index (χ4v) is 1.08. The van der Waals surface area contributed by atoms with Crippen LogP contribution >= 0.6 is 11.6 Å². The first-order chi connectivity index (χ1) is 7.11. The summed E-state index contributed by atoms with van der Waals surface area (Å²) in [5.41, 5.74) is 0. The Kier molecular flexibility index (Phi) is 4.62. The van der Waals surface area contributed by atoms with Gasteiger partial charge in [0.15, 0.2) is 0 Å². The standard InChI is InChI=1S/C10H16ClN3O/c1-7(2)15-10-6-12-5-9(14-10)13-8(3)4-11/h5-8H,4H2,1-3H3,(H,13,14). The molecule has 0 aromatic carbocycles. The number of anilines is 1. The van der Waals surface area contributed by atoms with E-state index in [2.05, 4.69) is 15.3 Å². The molecule has 4 nitrogen and oxygen atoms in total. The molecule has 84 valence electrons. The molecule has 0 saturated heterocycles. The fourth-order valence-electron chi connectivity index (χ4n) is 1.01. The molecule has 0 amide bonds. The highest BCUT2D eigenvalue weighted by Gasteiger charge is 2.04. The Morgan fingerprint density at radius 2 is 2.13 bits per heavy atom. The largest absolute Gasteiger partial charge is 0.474 e. The summed E-state index contributed by atoms with van der Waals surface area (Å²) in [5.74, 6) is 1.73. The predicted molar refractivity (Wildman–Crippen MR) is 61.6 cm³/mol. The van der Waals surface area contributed by atoms with Crippen molar-refractivity contribution in [2.45, 2.75) is 32.9 Å². The van der Waals surface area contributed by atoms with Crippen LogP contribution in [0, 0.1) is 0 Å². The highest BCUT2D eigenvalue weighted by molar-refractivity contribution is 6.18. The number of nitrogens with one attached hydrogen (secondary N) is 1. The Balaban J connectivity index is 2.65. The lowest BCUT2D eigenvalue weighted by molar-refractivity contribution is 0.232. The van der Waals surface area contributed by atoms with Gasteiger partial charge in [0.1, 0.15) is 5.82 Å². The molecule has 1 N–H and O–H groups in total. The zero-order valence-corrected chi connectivity index (χ0v) is 9.95. The van der Waals surface area contributed by atoms with E-state index in [1.165, 1.54) is 0 Å². The first kappa shape index (κ1) is 12.0. The van der Waals surface area contributed by atoms with Gasteiger partial charge in [0.05, 0.1) is 18.5 Å². The van der Waals surface area contributed by atoms with Gasteiger partial charge in [-0.1, -0.05) is 0 Å². The molecule has 0 spiro atoms. The van der Waals surface area contributed by atoms with Crippen molar-refractivity contribution in [2.75, 3.05) is 11.2 Å². The third kappa shape index (κ3) is 4.34. The molecule has 0 aliphatic carbocycles. The van der Waals surface area contributed by atoms with Gasteiger partial charge in [-0.2, -0.15) is 4.98 Å². The topological polar surface area (TPSA) is 47.0 Å². The minimum atomic E-state index is 0.0972. The molecular weight excluding hydrogens is 214 g/mol. The monoisotopic (exact) mass is 229 g/mol. The molecule has 1 aromatic rings. The van der Waals surface area contributed by atoms with E-state index in [4.69, 9.17) is 16.3 Å². The van der Waals surface area contributed by atoms with Crippen LogP contribution in [0.15, 0.2) is 12.4 Å². The normalized spacial score (nSPS) is 12.6. The lowest BCUT2D eigenvalue weighted by Gasteiger charge is -2.12. The van der Waals surface area contributed by atoms with E-state index in [1.807, 2.05) is 20.8 Å². The van der Waals surface area contributed by atoms with Gasteiger partial charge in [-0.3, -0.25) is 4.98 Å². The van der Waals surface area contributed by atoms with Crippen molar-refractivity contribution in [3.05, 3.63) is 12.4 Å². The van der Waals surface area contributed by atoms with E-state index < -0.39 is 0 Å². The fraction of sp³-hybridized carbons (Fsp3) is 0.600. The van der Waals surface area contributed by atoms with Crippen LogP contribution in [0.4, 0.5) is 5.82 Å². The Morgan fingerprint density at radius 3 is 2.73 bits per heavy atom. The summed E-state index contributed by atoms with van der Waals surface area (Å²) >= 11 is 5.68. The van der Waals surface area contributed by atoms with Crippen LogP contribution in [0.1, 0.15) is 20.8 Å².